The van der Waals surface area contributed by atoms with Crippen LogP contribution in [-0.2, 0) is 11.2 Å². The third-order valence-electron chi connectivity index (χ3n) is 7.05. The van der Waals surface area contributed by atoms with Crippen molar-refractivity contribution in [3.8, 4) is 0 Å². The summed E-state index contributed by atoms with van der Waals surface area (Å²) in [5, 5.41) is 4.78. The van der Waals surface area contributed by atoms with Gasteiger partial charge in [-0.3, -0.25) is 4.79 Å². The van der Waals surface area contributed by atoms with Crippen LogP contribution in [0.2, 0.25) is 0 Å². The number of aromatic nitrogens is 1. The molecule has 0 radical (unpaired) electrons. The van der Waals surface area contributed by atoms with E-state index in [1.54, 1.807) is 0 Å². The zero-order chi connectivity index (χ0) is 17.7. The van der Waals surface area contributed by atoms with E-state index in [1.807, 2.05) is 0 Å². The molecule has 138 valence electrons. The maximum atomic E-state index is 13.0. The van der Waals surface area contributed by atoms with Crippen molar-refractivity contribution in [3.63, 3.8) is 0 Å². The average molecular weight is 351 g/mol. The molecule has 2 heterocycles. The molecule has 1 aromatic heterocycles. The molecule has 2 fully saturated rings. The van der Waals surface area contributed by atoms with Crippen LogP contribution in [0.15, 0.2) is 24.4 Å². The van der Waals surface area contributed by atoms with Crippen LogP contribution in [-0.4, -0.2) is 41.5 Å². The van der Waals surface area contributed by atoms with Crippen molar-refractivity contribution < 1.29 is 4.79 Å². The van der Waals surface area contributed by atoms with Crippen molar-refractivity contribution in [1.29, 1.82) is 0 Å². The van der Waals surface area contributed by atoms with Crippen LogP contribution in [0.1, 0.15) is 55.6 Å². The number of rotatable bonds is 2. The first-order valence-corrected chi connectivity index (χ1v) is 10.3. The van der Waals surface area contributed by atoms with Crippen LogP contribution in [0.5, 0.6) is 0 Å². The summed E-state index contributed by atoms with van der Waals surface area (Å²) >= 11 is 0. The highest BCUT2D eigenvalue weighted by molar-refractivity contribution is 5.88. The second-order valence-electron chi connectivity index (χ2n) is 8.68. The number of likely N-dealkylation sites (N-methyl/N-ethyl adjacent to an activating group) is 1. The quantitative estimate of drug-likeness (QED) is 0.869. The van der Waals surface area contributed by atoms with Crippen molar-refractivity contribution in [2.45, 2.75) is 62.9 Å². The number of hydrogen-bond donors (Lipinski definition) is 2. The molecule has 1 aliphatic heterocycles. The van der Waals surface area contributed by atoms with E-state index in [9.17, 15) is 4.79 Å². The molecule has 3 atom stereocenters. The van der Waals surface area contributed by atoms with Gasteiger partial charge in [-0.2, -0.15) is 0 Å². The fourth-order valence-corrected chi connectivity index (χ4v) is 5.70. The highest BCUT2D eigenvalue weighted by Gasteiger charge is 2.41. The Bertz CT molecular complexity index is 820. The van der Waals surface area contributed by atoms with Crippen molar-refractivity contribution in [2.75, 3.05) is 13.6 Å². The summed E-state index contributed by atoms with van der Waals surface area (Å²) in [6.07, 6.45) is 10.4. The first-order valence-electron chi connectivity index (χ1n) is 10.3. The molecule has 1 amide bonds. The molecule has 2 aliphatic carbocycles. The number of carbonyl (C=O) groups excluding carboxylic acids is 1. The first-order chi connectivity index (χ1) is 12.7. The smallest absolute Gasteiger partial charge is 0.224 e. The van der Waals surface area contributed by atoms with E-state index in [-0.39, 0.29) is 11.8 Å². The number of amides is 1. The highest BCUT2D eigenvalue weighted by atomic mass is 16.2. The minimum absolute atomic E-state index is 0.110. The minimum atomic E-state index is 0.110. The molecule has 1 aromatic carbocycles. The first kappa shape index (κ1) is 16.4. The molecule has 1 unspecified atom stereocenters. The Morgan fingerprint density at radius 3 is 2.92 bits per heavy atom. The molecule has 1 saturated heterocycles. The number of likely N-dealkylation sites (tertiary alicyclic amines) is 1. The van der Waals surface area contributed by atoms with Gasteiger partial charge in [0.1, 0.15) is 0 Å². The van der Waals surface area contributed by atoms with Gasteiger partial charge in [0.05, 0.1) is 5.92 Å². The van der Waals surface area contributed by atoms with E-state index < -0.39 is 0 Å². The summed E-state index contributed by atoms with van der Waals surface area (Å²) in [6.45, 7) is 0.884. The van der Waals surface area contributed by atoms with Crippen LogP contribution in [0.3, 0.4) is 0 Å². The molecule has 5 rings (SSSR count). The van der Waals surface area contributed by atoms with Crippen molar-refractivity contribution >= 4 is 16.8 Å². The Kier molecular flexibility index (Phi) is 4.04. The van der Waals surface area contributed by atoms with Crippen molar-refractivity contribution in [2.24, 2.45) is 5.92 Å². The average Bonchev–Trinajstić information content (AvgIpc) is 3.08. The standard InChI is InChI=1S/C22H29N3O/c1-25-13-15(22(26)24-16-6-3-2-4-7-16)10-18-17-8-5-9-19-21(17)14(12-23-19)11-20(18)25/h5,8-9,12,15-16,18,20,23H,2-4,6-7,10-11,13H2,1H3,(H,24,26)/t15-,18?,20-/m1/s1. The lowest BCUT2D eigenvalue weighted by molar-refractivity contribution is -0.128. The van der Waals surface area contributed by atoms with E-state index in [1.165, 1.54) is 41.3 Å². The predicted octanol–water partition coefficient (Wildman–Crippen LogP) is 3.58. The van der Waals surface area contributed by atoms with Gasteiger partial charge in [0.2, 0.25) is 5.91 Å². The number of piperidine rings is 1. The van der Waals surface area contributed by atoms with E-state index in [2.05, 4.69) is 46.6 Å². The lowest BCUT2D eigenvalue weighted by Crippen LogP contribution is -2.52. The van der Waals surface area contributed by atoms with Crippen molar-refractivity contribution in [3.05, 3.63) is 35.5 Å². The third-order valence-corrected chi connectivity index (χ3v) is 7.05. The Balaban J connectivity index is 1.39. The molecule has 4 heteroatoms. The van der Waals surface area contributed by atoms with Gasteiger partial charge in [-0.05, 0) is 49.9 Å². The Hall–Kier alpha value is -1.81. The van der Waals surface area contributed by atoms with E-state index in [4.69, 9.17) is 0 Å². The second kappa shape index (κ2) is 6.41. The predicted molar refractivity (Wildman–Crippen MR) is 104 cm³/mol. The van der Waals surface area contributed by atoms with Crippen molar-refractivity contribution in [1.82, 2.24) is 15.2 Å². The molecule has 2 aromatic rings. The summed E-state index contributed by atoms with van der Waals surface area (Å²) in [5.41, 5.74) is 4.12. The minimum Gasteiger partial charge on any atom is -0.361 e. The largest absolute Gasteiger partial charge is 0.361 e. The second-order valence-corrected chi connectivity index (χ2v) is 8.68. The van der Waals surface area contributed by atoms with Gasteiger partial charge in [-0.25, -0.2) is 0 Å². The molecule has 26 heavy (non-hydrogen) atoms. The number of H-pyrrole nitrogens is 1. The zero-order valence-corrected chi connectivity index (χ0v) is 15.6. The lowest BCUT2D eigenvalue weighted by atomic mass is 9.72. The molecule has 4 nitrogen and oxygen atoms in total. The lowest BCUT2D eigenvalue weighted by Gasteiger charge is -2.45. The fourth-order valence-electron chi connectivity index (χ4n) is 5.70. The SMILES string of the molecule is CN1C[C@H](C(=O)NC2CCCCC2)CC2c3cccc4[nH]cc(c34)C[C@H]21. The van der Waals surface area contributed by atoms with Crippen LogP contribution in [0.25, 0.3) is 10.9 Å². The fraction of sp³-hybridized carbons (Fsp3) is 0.591. The van der Waals surface area contributed by atoms with Crippen LogP contribution in [0.4, 0.5) is 0 Å². The normalized spacial score (nSPS) is 29.5. The topological polar surface area (TPSA) is 48.1 Å². The summed E-state index contributed by atoms with van der Waals surface area (Å²) in [4.78, 5) is 18.9. The number of nitrogens with one attached hydrogen (secondary N) is 2. The number of fused-ring (bicyclic) bond motifs is 2. The van der Waals surface area contributed by atoms with E-state index >= 15 is 0 Å². The summed E-state index contributed by atoms with van der Waals surface area (Å²) in [7, 11) is 2.20. The number of carbonyl (C=O) groups is 1. The van der Waals surface area contributed by atoms with Crippen LogP contribution in [0, 0.1) is 5.92 Å². The molecule has 3 aliphatic rings. The van der Waals surface area contributed by atoms with Gasteiger partial charge >= 0.3 is 0 Å². The number of aromatic amines is 1. The molecular weight excluding hydrogens is 322 g/mol. The maximum absolute atomic E-state index is 13.0. The Morgan fingerprint density at radius 2 is 2.08 bits per heavy atom. The molecule has 0 bridgehead atoms. The number of hydrogen-bond acceptors (Lipinski definition) is 2. The summed E-state index contributed by atoms with van der Waals surface area (Å²) in [6, 6.07) is 7.54. The van der Waals surface area contributed by atoms with Crippen LogP contribution < -0.4 is 5.32 Å². The Labute approximate surface area is 155 Å². The molecule has 0 spiro atoms. The van der Waals surface area contributed by atoms with Gasteiger partial charge in [0, 0.05) is 41.6 Å². The zero-order valence-electron chi connectivity index (χ0n) is 15.6. The maximum Gasteiger partial charge on any atom is 0.224 e. The molecular formula is C22H29N3O. The molecule has 2 N–H and O–H groups in total. The van der Waals surface area contributed by atoms with E-state index in [0.29, 0.717) is 18.0 Å². The van der Waals surface area contributed by atoms with Gasteiger partial charge in [0.25, 0.3) is 0 Å². The number of benzene rings is 1. The van der Waals surface area contributed by atoms with Crippen LogP contribution >= 0.6 is 0 Å². The van der Waals surface area contributed by atoms with Gasteiger partial charge in [-0.1, -0.05) is 31.4 Å². The van der Waals surface area contributed by atoms with Gasteiger partial charge < -0.3 is 15.2 Å². The summed E-state index contributed by atoms with van der Waals surface area (Å²) < 4.78 is 0. The Morgan fingerprint density at radius 1 is 1.23 bits per heavy atom. The summed E-state index contributed by atoms with van der Waals surface area (Å²) in [5.74, 6) is 0.857. The third kappa shape index (κ3) is 2.66. The molecule has 1 saturated carbocycles. The number of nitrogens with zero attached hydrogens (tertiary/aromatic N) is 1. The van der Waals surface area contributed by atoms with Gasteiger partial charge in [-0.15, -0.1) is 0 Å². The monoisotopic (exact) mass is 351 g/mol. The van der Waals surface area contributed by atoms with Gasteiger partial charge in [0.15, 0.2) is 0 Å². The van der Waals surface area contributed by atoms with E-state index in [0.717, 1.165) is 32.2 Å². The highest BCUT2D eigenvalue weighted by Crippen LogP contribution is 2.44.